The summed E-state index contributed by atoms with van der Waals surface area (Å²) < 4.78 is 0.825. The number of hydrogen-bond acceptors (Lipinski definition) is 4. The van der Waals surface area contributed by atoms with Gasteiger partial charge in [0, 0.05) is 53.5 Å². The average Bonchev–Trinajstić information content (AvgIpc) is 2.81. The van der Waals surface area contributed by atoms with Crippen molar-refractivity contribution in [3.05, 3.63) is 92.4 Å². The standard InChI is InChI=1S/C25H23BrCl2N4OS/c26-19-6-3-5-17(14-19)24(33)30-25(34)29-20-8-9-23(22(28)15-20)32-12-10-31(11-13-32)16-18-4-1-2-7-21(18)27/h1-9,14-15H,10-13,16H2,(H2,29,30,33,34). The third-order valence-corrected chi connectivity index (χ3v) is 6.95. The second-order valence-corrected chi connectivity index (χ2v) is 10.1. The molecule has 1 amide bonds. The van der Waals surface area contributed by atoms with Crippen LogP contribution in [-0.2, 0) is 6.54 Å². The number of benzene rings is 3. The Kier molecular flexibility index (Phi) is 8.45. The zero-order valence-electron chi connectivity index (χ0n) is 18.2. The lowest BCUT2D eigenvalue weighted by molar-refractivity contribution is 0.0977. The number of carbonyl (C=O) groups is 1. The highest BCUT2D eigenvalue weighted by molar-refractivity contribution is 9.10. The molecule has 9 heteroatoms. The second kappa shape index (κ2) is 11.5. The van der Waals surface area contributed by atoms with E-state index < -0.39 is 0 Å². The lowest BCUT2D eigenvalue weighted by Crippen LogP contribution is -2.46. The second-order valence-electron chi connectivity index (χ2n) is 7.94. The van der Waals surface area contributed by atoms with Crippen molar-refractivity contribution in [1.29, 1.82) is 0 Å². The van der Waals surface area contributed by atoms with Gasteiger partial charge in [0.15, 0.2) is 5.11 Å². The molecule has 0 bridgehead atoms. The van der Waals surface area contributed by atoms with Crippen LogP contribution in [0.15, 0.2) is 71.2 Å². The number of rotatable bonds is 5. The van der Waals surface area contributed by atoms with Gasteiger partial charge >= 0.3 is 0 Å². The minimum absolute atomic E-state index is 0.210. The van der Waals surface area contributed by atoms with Gasteiger partial charge < -0.3 is 10.2 Å². The zero-order chi connectivity index (χ0) is 24.1. The maximum atomic E-state index is 12.4. The number of amides is 1. The molecule has 2 N–H and O–H groups in total. The summed E-state index contributed by atoms with van der Waals surface area (Å²) in [4.78, 5) is 17.1. The molecule has 1 heterocycles. The molecule has 4 rings (SSSR count). The van der Waals surface area contributed by atoms with Gasteiger partial charge in [0.1, 0.15) is 0 Å². The first-order valence-electron chi connectivity index (χ1n) is 10.8. The summed E-state index contributed by atoms with van der Waals surface area (Å²) in [7, 11) is 0. The fraction of sp³-hybridized carbons (Fsp3) is 0.200. The van der Waals surface area contributed by atoms with Gasteiger partial charge in [-0.2, -0.15) is 0 Å². The van der Waals surface area contributed by atoms with Crippen LogP contribution < -0.4 is 15.5 Å². The molecule has 1 saturated heterocycles. The Morgan fingerprint density at radius 1 is 0.941 bits per heavy atom. The highest BCUT2D eigenvalue weighted by Gasteiger charge is 2.20. The van der Waals surface area contributed by atoms with Crippen molar-refractivity contribution in [3.63, 3.8) is 0 Å². The van der Waals surface area contributed by atoms with Gasteiger partial charge in [-0.15, -0.1) is 0 Å². The van der Waals surface area contributed by atoms with E-state index in [1.54, 1.807) is 18.2 Å². The Morgan fingerprint density at radius 3 is 2.41 bits per heavy atom. The summed E-state index contributed by atoms with van der Waals surface area (Å²) in [5.74, 6) is -0.281. The van der Waals surface area contributed by atoms with E-state index >= 15 is 0 Å². The SMILES string of the molecule is O=C(NC(=S)Nc1ccc(N2CCN(Cc3ccccc3Cl)CC2)c(Cl)c1)c1cccc(Br)c1. The number of hydrogen-bond donors (Lipinski definition) is 2. The smallest absolute Gasteiger partial charge is 0.257 e. The predicted octanol–water partition coefficient (Wildman–Crippen LogP) is 6.20. The fourth-order valence-electron chi connectivity index (χ4n) is 3.82. The minimum atomic E-state index is -0.281. The van der Waals surface area contributed by atoms with Crippen LogP contribution in [0.4, 0.5) is 11.4 Å². The van der Waals surface area contributed by atoms with Crippen molar-refractivity contribution in [2.75, 3.05) is 36.4 Å². The molecule has 1 aliphatic rings. The molecular weight excluding hydrogens is 555 g/mol. The van der Waals surface area contributed by atoms with Crippen molar-refractivity contribution in [3.8, 4) is 0 Å². The molecule has 0 atom stereocenters. The Bertz CT molecular complexity index is 1200. The van der Waals surface area contributed by atoms with E-state index in [-0.39, 0.29) is 11.0 Å². The van der Waals surface area contributed by atoms with Crippen LogP contribution in [0, 0.1) is 0 Å². The van der Waals surface area contributed by atoms with E-state index in [4.69, 9.17) is 35.4 Å². The van der Waals surface area contributed by atoms with E-state index in [0.29, 0.717) is 16.3 Å². The molecule has 0 saturated carbocycles. The molecule has 0 aliphatic carbocycles. The molecule has 3 aromatic carbocycles. The van der Waals surface area contributed by atoms with Crippen molar-refractivity contribution < 1.29 is 4.79 Å². The third kappa shape index (κ3) is 6.49. The first-order chi connectivity index (χ1) is 16.4. The number of carbonyl (C=O) groups excluding carboxylic acids is 1. The average molecular weight is 578 g/mol. The van der Waals surface area contributed by atoms with Crippen LogP contribution in [0.25, 0.3) is 0 Å². The van der Waals surface area contributed by atoms with Crippen LogP contribution in [0.5, 0.6) is 0 Å². The molecule has 5 nitrogen and oxygen atoms in total. The number of anilines is 2. The lowest BCUT2D eigenvalue weighted by Gasteiger charge is -2.36. The molecule has 0 aromatic heterocycles. The van der Waals surface area contributed by atoms with Crippen LogP contribution in [0.3, 0.4) is 0 Å². The van der Waals surface area contributed by atoms with Crippen LogP contribution in [0.1, 0.15) is 15.9 Å². The monoisotopic (exact) mass is 576 g/mol. The van der Waals surface area contributed by atoms with E-state index in [0.717, 1.165) is 53.5 Å². The van der Waals surface area contributed by atoms with Gasteiger partial charge in [-0.3, -0.25) is 15.0 Å². The largest absolute Gasteiger partial charge is 0.368 e. The van der Waals surface area contributed by atoms with Crippen molar-refractivity contribution in [2.45, 2.75) is 6.54 Å². The van der Waals surface area contributed by atoms with Gasteiger partial charge in [-0.05, 0) is 60.2 Å². The Morgan fingerprint density at radius 2 is 1.71 bits per heavy atom. The van der Waals surface area contributed by atoms with Crippen LogP contribution in [-0.4, -0.2) is 42.1 Å². The third-order valence-electron chi connectivity index (χ3n) is 5.58. The molecule has 1 aliphatic heterocycles. The van der Waals surface area contributed by atoms with Gasteiger partial charge in [0.05, 0.1) is 10.7 Å². The Hall–Kier alpha value is -2.16. The maximum absolute atomic E-state index is 12.4. The van der Waals surface area contributed by atoms with E-state index in [1.807, 2.05) is 42.5 Å². The summed E-state index contributed by atoms with van der Waals surface area (Å²) in [5.41, 5.74) is 3.36. The predicted molar refractivity (Wildman–Crippen MR) is 148 cm³/mol. The lowest BCUT2D eigenvalue weighted by atomic mass is 10.2. The van der Waals surface area contributed by atoms with Gasteiger partial charge in [-0.25, -0.2) is 0 Å². The number of nitrogens with one attached hydrogen (secondary N) is 2. The van der Waals surface area contributed by atoms with Crippen LogP contribution >= 0.6 is 51.3 Å². The number of nitrogens with zero attached hydrogens (tertiary/aromatic N) is 2. The summed E-state index contributed by atoms with van der Waals surface area (Å²) in [6, 6.07) is 20.8. The number of halogens is 3. The first-order valence-corrected chi connectivity index (χ1v) is 12.7. The quantitative estimate of drug-likeness (QED) is 0.353. The normalized spacial score (nSPS) is 14.0. The minimum Gasteiger partial charge on any atom is -0.368 e. The van der Waals surface area contributed by atoms with E-state index in [2.05, 4.69) is 42.4 Å². The molecule has 0 radical (unpaired) electrons. The van der Waals surface area contributed by atoms with Gasteiger partial charge in [0.2, 0.25) is 0 Å². The topological polar surface area (TPSA) is 47.6 Å². The Labute approximate surface area is 223 Å². The molecule has 3 aromatic rings. The summed E-state index contributed by atoms with van der Waals surface area (Å²) >= 11 is 21.6. The molecular formula is C25H23BrCl2N4OS. The summed E-state index contributed by atoms with van der Waals surface area (Å²) in [6.07, 6.45) is 0. The van der Waals surface area contributed by atoms with Crippen molar-refractivity contribution in [2.24, 2.45) is 0 Å². The van der Waals surface area contributed by atoms with Crippen molar-refractivity contribution >= 4 is 73.7 Å². The highest BCUT2D eigenvalue weighted by Crippen LogP contribution is 2.30. The number of thiocarbonyl (C=S) groups is 1. The van der Waals surface area contributed by atoms with Gasteiger partial charge in [-0.1, -0.05) is 63.4 Å². The van der Waals surface area contributed by atoms with Crippen molar-refractivity contribution in [1.82, 2.24) is 10.2 Å². The summed E-state index contributed by atoms with van der Waals surface area (Å²) in [6.45, 7) is 4.43. The van der Waals surface area contributed by atoms with Gasteiger partial charge in [0.25, 0.3) is 5.91 Å². The summed E-state index contributed by atoms with van der Waals surface area (Å²) in [5, 5.41) is 7.37. The fourth-order valence-corrected chi connectivity index (χ4v) is 4.93. The molecule has 34 heavy (non-hydrogen) atoms. The maximum Gasteiger partial charge on any atom is 0.257 e. The Balaban J connectivity index is 1.31. The molecule has 0 unspecified atom stereocenters. The molecule has 0 spiro atoms. The first kappa shape index (κ1) is 24.9. The molecule has 176 valence electrons. The number of piperazine rings is 1. The molecule has 1 fully saturated rings. The van der Waals surface area contributed by atoms with E-state index in [9.17, 15) is 4.79 Å². The highest BCUT2D eigenvalue weighted by atomic mass is 79.9. The van der Waals surface area contributed by atoms with Crippen LogP contribution in [0.2, 0.25) is 10.0 Å². The van der Waals surface area contributed by atoms with E-state index in [1.165, 1.54) is 0 Å². The zero-order valence-corrected chi connectivity index (χ0v) is 22.1.